The van der Waals surface area contributed by atoms with Gasteiger partial charge in [0.2, 0.25) is 0 Å². The summed E-state index contributed by atoms with van der Waals surface area (Å²) in [4.78, 5) is 25.4. The molecule has 0 bridgehead atoms. The summed E-state index contributed by atoms with van der Waals surface area (Å²) >= 11 is 0. The first-order valence-electron chi connectivity index (χ1n) is 9.42. The SMILES string of the molecule is CN1CCC(c2ccc(C(=O)Nc3ccc(CCC(=O)O)cc3)cc2)CC1.Cl. The van der Waals surface area contributed by atoms with Crippen LogP contribution in [0.5, 0.6) is 0 Å². The second-order valence-corrected chi connectivity index (χ2v) is 7.24. The molecule has 1 amide bonds. The van der Waals surface area contributed by atoms with Gasteiger partial charge in [-0.15, -0.1) is 12.4 Å². The Morgan fingerprint density at radius 2 is 1.64 bits per heavy atom. The third kappa shape index (κ3) is 6.08. The van der Waals surface area contributed by atoms with Crippen molar-refractivity contribution in [1.29, 1.82) is 0 Å². The van der Waals surface area contributed by atoms with Crippen LogP contribution < -0.4 is 5.32 Å². The fraction of sp³-hybridized carbons (Fsp3) is 0.364. The van der Waals surface area contributed by atoms with Crippen LogP contribution >= 0.6 is 12.4 Å². The summed E-state index contributed by atoms with van der Waals surface area (Å²) in [5.74, 6) is -0.365. The number of aryl methyl sites for hydroxylation is 1. The molecule has 1 saturated heterocycles. The smallest absolute Gasteiger partial charge is 0.303 e. The van der Waals surface area contributed by atoms with Gasteiger partial charge >= 0.3 is 5.97 Å². The van der Waals surface area contributed by atoms with Crippen molar-refractivity contribution in [3.05, 3.63) is 65.2 Å². The first-order valence-corrected chi connectivity index (χ1v) is 9.42. The highest BCUT2D eigenvalue weighted by Crippen LogP contribution is 2.27. The molecule has 0 saturated carbocycles. The lowest BCUT2D eigenvalue weighted by Crippen LogP contribution is -2.29. The van der Waals surface area contributed by atoms with Gasteiger partial charge in [0.25, 0.3) is 5.91 Å². The third-order valence-corrected chi connectivity index (χ3v) is 5.20. The van der Waals surface area contributed by atoms with E-state index < -0.39 is 5.97 Å². The minimum atomic E-state index is -0.809. The molecule has 0 aliphatic carbocycles. The first-order chi connectivity index (χ1) is 13.0. The number of carboxylic acids is 1. The number of carbonyl (C=O) groups excluding carboxylic acids is 1. The Morgan fingerprint density at radius 1 is 1.04 bits per heavy atom. The van der Waals surface area contributed by atoms with Crippen molar-refractivity contribution in [3.63, 3.8) is 0 Å². The second-order valence-electron chi connectivity index (χ2n) is 7.24. The normalized spacial score (nSPS) is 14.9. The number of carboxylic acid groups (broad SMARTS) is 1. The summed E-state index contributed by atoms with van der Waals surface area (Å²) in [6, 6.07) is 15.2. The fourth-order valence-corrected chi connectivity index (χ4v) is 3.46. The van der Waals surface area contributed by atoms with Crippen molar-refractivity contribution in [2.75, 3.05) is 25.5 Å². The zero-order chi connectivity index (χ0) is 19.2. The molecule has 1 aliphatic rings. The number of aliphatic carboxylic acids is 1. The molecule has 0 unspecified atom stereocenters. The summed E-state index contributed by atoms with van der Waals surface area (Å²) in [5, 5.41) is 11.6. The number of carbonyl (C=O) groups is 2. The van der Waals surface area contributed by atoms with Crippen LogP contribution in [0.2, 0.25) is 0 Å². The largest absolute Gasteiger partial charge is 0.481 e. The molecular weight excluding hydrogens is 376 g/mol. The molecule has 0 radical (unpaired) electrons. The van der Waals surface area contributed by atoms with Crippen LogP contribution in [0, 0.1) is 0 Å². The maximum Gasteiger partial charge on any atom is 0.303 e. The predicted octanol–water partition coefficient (Wildman–Crippen LogP) is 4.19. The van der Waals surface area contributed by atoms with E-state index in [-0.39, 0.29) is 24.7 Å². The molecule has 150 valence electrons. The third-order valence-electron chi connectivity index (χ3n) is 5.20. The quantitative estimate of drug-likeness (QED) is 0.760. The van der Waals surface area contributed by atoms with Gasteiger partial charge in [0.15, 0.2) is 0 Å². The molecule has 1 fully saturated rings. The van der Waals surface area contributed by atoms with Crippen molar-refractivity contribution < 1.29 is 14.7 Å². The molecule has 2 N–H and O–H groups in total. The van der Waals surface area contributed by atoms with Crippen LogP contribution in [-0.4, -0.2) is 42.0 Å². The van der Waals surface area contributed by atoms with Crippen LogP contribution in [0.3, 0.4) is 0 Å². The standard InChI is InChI=1S/C22H26N2O3.ClH/c1-24-14-12-18(13-15-24)17-5-7-19(8-6-17)22(27)23-20-9-2-16(3-10-20)4-11-21(25)26;/h2-3,5-10,18H,4,11-15H2,1H3,(H,23,27)(H,25,26);1H. The number of nitrogens with zero attached hydrogens (tertiary/aromatic N) is 1. The Morgan fingerprint density at radius 3 is 2.21 bits per heavy atom. The van der Waals surface area contributed by atoms with Gasteiger partial charge in [0.1, 0.15) is 0 Å². The van der Waals surface area contributed by atoms with E-state index in [0.29, 0.717) is 23.6 Å². The Labute approximate surface area is 172 Å². The number of amides is 1. The lowest BCUT2D eigenvalue weighted by atomic mass is 9.89. The molecule has 1 aliphatic heterocycles. The summed E-state index contributed by atoms with van der Waals surface area (Å²) in [6.07, 6.45) is 2.92. The number of benzene rings is 2. The molecule has 1 heterocycles. The molecule has 5 nitrogen and oxygen atoms in total. The lowest BCUT2D eigenvalue weighted by molar-refractivity contribution is -0.136. The van der Waals surface area contributed by atoms with Crippen LogP contribution in [-0.2, 0) is 11.2 Å². The Balaban J connectivity index is 0.00000280. The number of likely N-dealkylation sites (tertiary alicyclic amines) is 1. The molecule has 28 heavy (non-hydrogen) atoms. The summed E-state index contributed by atoms with van der Waals surface area (Å²) in [6.45, 7) is 2.24. The number of piperidine rings is 1. The predicted molar refractivity (Wildman–Crippen MR) is 114 cm³/mol. The molecule has 0 spiro atoms. The van der Waals surface area contributed by atoms with Crippen molar-refractivity contribution in [3.8, 4) is 0 Å². The van der Waals surface area contributed by atoms with Gasteiger partial charge in [-0.3, -0.25) is 9.59 Å². The average Bonchev–Trinajstić information content (AvgIpc) is 2.68. The van der Waals surface area contributed by atoms with E-state index in [9.17, 15) is 9.59 Å². The van der Waals surface area contributed by atoms with E-state index in [1.54, 1.807) is 0 Å². The minimum absolute atomic E-state index is 0. The van der Waals surface area contributed by atoms with Gasteiger partial charge in [-0.25, -0.2) is 0 Å². The van der Waals surface area contributed by atoms with Crippen molar-refractivity contribution in [2.24, 2.45) is 0 Å². The van der Waals surface area contributed by atoms with Gasteiger partial charge in [-0.05, 0) is 80.7 Å². The van der Waals surface area contributed by atoms with E-state index in [2.05, 4.69) is 29.4 Å². The molecule has 0 atom stereocenters. The van der Waals surface area contributed by atoms with E-state index in [1.165, 1.54) is 5.56 Å². The number of hydrogen-bond donors (Lipinski definition) is 2. The van der Waals surface area contributed by atoms with Gasteiger partial charge in [0, 0.05) is 17.7 Å². The second kappa shape index (κ2) is 10.2. The van der Waals surface area contributed by atoms with E-state index in [1.807, 2.05) is 36.4 Å². The van der Waals surface area contributed by atoms with Crippen LogP contribution in [0.25, 0.3) is 0 Å². The van der Waals surface area contributed by atoms with Crippen molar-refractivity contribution >= 4 is 30.0 Å². The van der Waals surface area contributed by atoms with Crippen LogP contribution in [0.1, 0.15) is 46.7 Å². The minimum Gasteiger partial charge on any atom is -0.481 e. The van der Waals surface area contributed by atoms with Crippen molar-refractivity contribution in [2.45, 2.75) is 31.6 Å². The summed E-state index contributed by atoms with van der Waals surface area (Å²) in [7, 11) is 2.16. The average molecular weight is 403 g/mol. The Kier molecular flexibility index (Phi) is 8.03. The van der Waals surface area contributed by atoms with Crippen LogP contribution in [0.15, 0.2) is 48.5 Å². The van der Waals surface area contributed by atoms with Gasteiger partial charge in [-0.2, -0.15) is 0 Å². The summed E-state index contributed by atoms with van der Waals surface area (Å²) < 4.78 is 0. The van der Waals surface area contributed by atoms with Gasteiger partial charge in [0.05, 0.1) is 0 Å². The monoisotopic (exact) mass is 402 g/mol. The molecule has 2 aromatic rings. The van der Waals surface area contributed by atoms with Gasteiger partial charge in [-0.1, -0.05) is 24.3 Å². The molecule has 6 heteroatoms. The van der Waals surface area contributed by atoms with Gasteiger partial charge < -0.3 is 15.3 Å². The number of hydrogen-bond acceptors (Lipinski definition) is 3. The molecule has 2 aromatic carbocycles. The zero-order valence-corrected chi connectivity index (χ0v) is 16.9. The molecule has 3 rings (SSSR count). The zero-order valence-electron chi connectivity index (χ0n) is 16.1. The Bertz CT molecular complexity index is 782. The highest BCUT2D eigenvalue weighted by Gasteiger charge is 2.18. The van der Waals surface area contributed by atoms with E-state index in [0.717, 1.165) is 31.5 Å². The number of anilines is 1. The number of halogens is 1. The lowest BCUT2D eigenvalue weighted by Gasteiger charge is -2.29. The maximum atomic E-state index is 12.4. The molecular formula is C22H27ClN2O3. The first kappa shape index (κ1) is 21.9. The number of nitrogens with one attached hydrogen (secondary N) is 1. The van der Waals surface area contributed by atoms with E-state index >= 15 is 0 Å². The number of rotatable bonds is 6. The van der Waals surface area contributed by atoms with Crippen LogP contribution in [0.4, 0.5) is 5.69 Å². The highest BCUT2D eigenvalue weighted by atomic mass is 35.5. The molecule has 0 aromatic heterocycles. The highest BCUT2D eigenvalue weighted by molar-refractivity contribution is 6.04. The van der Waals surface area contributed by atoms with Crippen molar-refractivity contribution in [1.82, 2.24) is 4.90 Å². The topological polar surface area (TPSA) is 69.6 Å². The Hall–Kier alpha value is -2.37. The fourth-order valence-electron chi connectivity index (χ4n) is 3.46. The van der Waals surface area contributed by atoms with E-state index in [4.69, 9.17) is 5.11 Å². The maximum absolute atomic E-state index is 12.4. The summed E-state index contributed by atoms with van der Waals surface area (Å²) in [5.41, 5.74) is 3.60.